The first-order valence-electron chi connectivity index (χ1n) is 5.91. The van der Waals surface area contributed by atoms with Gasteiger partial charge in [-0.1, -0.05) is 18.5 Å². The third-order valence-electron chi connectivity index (χ3n) is 3.13. The second-order valence-corrected chi connectivity index (χ2v) is 5.31. The molecular weight excluding hydrogens is 220 g/mol. The van der Waals surface area contributed by atoms with Crippen LogP contribution in [0.5, 0.6) is 0 Å². The molecule has 0 bridgehead atoms. The standard InChI is InChI=1S/C13H19ClN2/c1-10-3-2-4-16(8-10)9-11-5-12(14)7-13(15)6-11/h5-7,10H,2-4,8-9,15H2,1H3. The van der Waals surface area contributed by atoms with E-state index >= 15 is 0 Å². The van der Waals surface area contributed by atoms with Crippen LogP contribution < -0.4 is 5.73 Å². The van der Waals surface area contributed by atoms with Crippen molar-refractivity contribution < 1.29 is 0 Å². The van der Waals surface area contributed by atoms with Gasteiger partial charge in [-0.2, -0.15) is 0 Å². The van der Waals surface area contributed by atoms with Gasteiger partial charge >= 0.3 is 0 Å². The zero-order chi connectivity index (χ0) is 11.5. The topological polar surface area (TPSA) is 29.3 Å². The highest BCUT2D eigenvalue weighted by atomic mass is 35.5. The molecule has 88 valence electrons. The van der Waals surface area contributed by atoms with E-state index in [1.54, 1.807) is 6.07 Å². The molecule has 1 aliphatic heterocycles. The molecule has 1 unspecified atom stereocenters. The highest BCUT2D eigenvalue weighted by Gasteiger charge is 2.16. The summed E-state index contributed by atoms with van der Waals surface area (Å²) in [6.07, 6.45) is 2.66. The lowest BCUT2D eigenvalue weighted by Crippen LogP contribution is -2.33. The number of hydrogen-bond acceptors (Lipinski definition) is 2. The third-order valence-corrected chi connectivity index (χ3v) is 3.35. The molecule has 1 aromatic carbocycles. The Kier molecular flexibility index (Phi) is 3.72. The van der Waals surface area contributed by atoms with E-state index in [-0.39, 0.29) is 0 Å². The van der Waals surface area contributed by atoms with E-state index in [2.05, 4.69) is 11.8 Å². The van der Waals surface area contributed by atoms with Crippen LogP contribution >= 0.6 is 11.6 Å². The number of anilines is 1. The number of nitrogens with two attached hydrogens (primary N) is 1. The summed E-state index contributed by atoms with van der Waals surface area (Å²) in [6, 6.07) is 5.83. The lowest BCUT2D eigenvalue weighted by atomic mass is 10.00. The molecule has 0 aliphatic carbocycles. The fourth-order valence-corrected chi connectivity index (χ4v) is 2.72. The maximum Gasteiger partial charge on any atom is 0.0429 e. The first-order valence-corrected chi connectivity index (χ1v) is 6.28. The van der Waals surface area contributed by atoms with Gasteiger partial charge in [0.1, 0.15) is 0 Å². The molecule has 1 atom stereocenters. The molecule has 16 heavy (non-hydrogen) atoms. The third kappa shape index (κ3) is 3.13. The van der Waals surface area contributed by atoms with E-state index < -0.39 is 0 Å². The molecule has 0 aromatic heterocycles. The molecule has 2 nitrogen and oxygen atoms in total. The molecular formula is C13H19ClN2. The predicted molar refractivity (Wildman–Crippen MR) is 69.5 cm³/mol. The van der Waals surface area contributed by atoms with Crippen LogP contribution in [0.4, 0.5) is 5.69 Å². The Morgan fingerprint density at radius 3 is 2.94 bits per heavy atom. The van der Waals surface area contributed by atoms with E-state index in [0.717, 1.165) is 23.2 Å². The number of rotatable bonds is 2. The summed E-state index contributed by atoms with van der Waals surface area (Å²) in [5.74, 6) is 0.810. The Labute approximate surface area is 102 Å². The first-order chi connectivity index (χ1) is 7.63. The van der Waals surface area contributed by atoms with Crippen LogP contribution in [0.25, 0.3) is 0 Å². The van der Waals surface area contributed by atoms with Crippen molar-refractivity contribution in [3.63, 3.8) is 0 Å². The second-order valence-electron chi connectivity index (χ2n) is 4.88. The smallest absolute Gasteiger partial charge is 0.0429 e. The van der Waals surface area contributed by atoms with Gasteiger partial charge in [0.05, 0.1) is 0 Å². The molecule has 1 saturated heterocycles. The van der Waals surface area contributed by atoms with Gasteiger partial charge in [0, 0.05) is 23.8 Å². The number of piperidine rings is 1. The van der Waals surface area contributed by atoms with Gasteiger partial charge in [-0.25, -0.2) is 0 Å². The van der Waals surface area contributed by atoms with Crippen LogP contribution in [0.1, 0.15) is 25.3 Å². The van der Waals surface area contributed by atoms with Crippen LogP contribution in [0.2, 0.25) is 5.02 Å². The van der Waals surface area contributed by atoms with Crippen molar-refractivity contribution in [2.24, 2.45) is 5.92 Å². The summed E-state index contributed by atoms with van der Waals surface area (Å²) < 4.78 is 0. The number of hydrogen-bond donors (Lipinski definition) is 1. The maximum atomic E-state index is 6.00. The lowest BCUT2D eigenvalue weighted by Gasteiger charge is -2.30. The normalized spacial score (nSPS) is 22.2. The van der Waals surface area contributed by atoms with E-state index in [1.165, 1.54) is 31.5 Å². The lowest BCUT2D eigenvalue weighted by molar-refractivity contribution is 0.176. The summed E-state index contributed by atoms with van der Waals surface area (Å²) >= 11 is 6.00. The molecule has 1 aromatic rings. The van der Waals surface area contributed by atoms with Gasteiger partial charge in [-0.05, 0) is 49.1 Å². The number of halogens is 1. The fourth-order valence-electron chi connectivity index (χ4n) is 2.46. The Hall–Kier alpha value is -0.730. The highest BCUT2D eigenvalue weighted by molar-refractivity contribution is 6.30. The summed E-state index contributed by atoms with van der Waals surface area (Å²) in [6.45, 7) is 5.66. The van der Waals surface area contributed by atoms with Gasteiger partial charge in [-0.15, -0.1) is 0 Å². The molecule has 2 N–H and O–H groups in total. The van der Waals surface area contributed by atoms with Crippen LogP contribution in [-0.2, 0) is 6.54 Å². The Bertz CT molecular complexity index is 345. The summed E-state index contributed by atoms with van der Waals surface area (Å²) in [4.78, 5) is 2.49. The number of benzene rings is 1. The first kappa shape index (κ1) is 11.7. The number of nitrogens with zero attached hydrogens (tertiary/aromatic N) is 1. The van der Waals surface area contributed by atoms with E-state index in [1.807, 2.05) is 12.1 Å². The molecule has 1 aliphatic rings. The molecule has 0 radical (unpaired) electrons. The maximum absolute atomic E-state index is 6.00. The van der Waals surface area contributed by atoms with Crippen molar-refractivity contribution in [2.75, 3.05) is 18.8 Å². The van der Waals surface area contributed by atoms with Crippen molar-refractivity contribution in [2.45, 2.75) is 26.3 Å². The average Bonchev–Trinajstić information content (AvgIpc) is 2.15. The summed E-state index contributed by atoms with van der Waals surface area (Å²) in [5.41, 5.74) is 7.77. The Balaban J connectivity index is 2.02. The minimum absolute atomic E-state index is 0.736. The molecule has 3 heteroatoms. The molecule has 1 fully saturated rings. The number of nitrogen functional groups attached to an aromatic ring is 1. The van der Waals surface area contributed by atoms with Crippen LogP contribution in [0, 0.1) is 5.92 Å². The zero-order valence-corrected chi connectivity index (χ0v) is 10.5. The second kappa shape index (κ2) is 5.07. The largest absolute Gasteiger partial charge is 0.399 e. The molecule has 1 heterocycles. The fraction of sp³-hybridized carbons (Fsp3) is 0.538. The SMILES string of the molecule is CC1CCCN(Cc2cc(N)cc(Cl)c2)C1. The van der Waals surface area contributed by atoms with Crippen molar-refractivity contribution >= 4 is 17.3 Å². The Morgan fingerprint density at radius 2 is 2.25 bits per heavy atom. The van der Waals surface area contributed by atoms with E-state index in [9.17, 15) is 0 Å². The number of likely N-dealkylation sites (tertiary alicyclic amines) is 1. The predicted octanol–water partition coefficient (Wildman–Crippen LogP) is 3.15. The van der Waals surface area contributed by atoms with Crippen LogP contribution in [0.15, 0.2) is 18.2 Å². The van der Waals surface area contributed by atoms with Crippen molar-refractivity contribution in [1.29, 1.82) is 0 Å². The summed E-state index contributed by atoms with van der Waals surface area (Å²) in [5, 5.41) is 0.736. The van der Waals surface area contributed by atoms with Crippen molar-refractivity contribution in [3.05, 3.63) is 28.8 Å². The molecule has 0 amide bonds. The highest BCUT2D eigenvalue weighted by Crippen LogP contribution is 2.21. The van der Waals surface area contributed by atoms with Crippen LogP contribution in [0.3, 0.4) is 0 Å². The Morgan fingerprint density at radius 1 is 1.44 bits per heavy atom. The average molecular weight is 239 g/mol. The molecule has 0 saturated carbocycles. The zero-order valence-electron chi connectivity index (χ0n) is 9.75. The summed E-state index contributed by atoms with van der Waals surface area (Å²) in [7, 11) is 0. The van der Waals surface area contributed by atoms with E-state index in [0.29, 0.717) is 0 Å². The van der Waals surface area contributed by atoms with Gasteiger partial charge in [0.25, 0.3) is 0 Å². The minimum Gasteiger partial charge on any atom is -0.399 e. The monoisotopic (exact) mass is 238 g/mol. The van der Waals surface area contributed by atoms with Gasteiger partial charge in [-0.3, -0.25) is 4.90 Å². The van der Waals surface area contributed by atoms with Gasteiger partial charge < -0.3 is 5.73 Å². The van der Waals surface area contributed by atoms with E-state index in [4.69, 9.17) is 17.3 Å². The van der Waals surface area contributed by atoms with Gasteiger partial charge in [0.2, 0.25) is 0 Å². The molecule has 2 rings (SSSR count). The quantitative estimate of drug-likeness (QED) is 0.802. The molecule has 0 spiro atoms. The van der Waals surface area contributed by atoms with Crippen molar-refractivity contribution in [3.8, 4) is 0 Å². The van der Waals surface area contributed by atoms with Gasteiger partial charge in [0.15, 0.2) is 0 Å². The van der Waals surface area contributed by atoms with Crippen molar-refractivity contribution in [1.82, 2.24) is 4.90 Å². The van der Waals surface area contributed by atoms with Crippen LogP contribution in [-0.4, -0.2) is 18.0 Å². The minimum atomic E-state index is 0.736.